The number of fused-ring (bicyclic) bond motifs is 1. The predicted octanol–water partition coefficient (Wildman–Crippen LogP) is 2.37. The van der Waals surface area contributed by atoms with E-state index in [1.165, 1.54) is 16.8 Å². The van der Waals surface area contributed by atoms with Crippen LogP contribution in [0.1, 0.15) is 36.6 Å². The van der Waals surface area contributed by atoms with Crippen molar-refractivity contribution in [2.45, 2.75) is 31.7 Å². The maximum Gasteiger partial charge on any atom is 0.221 e. The molecule has 2 aliphatic rings. The van der Waals surface area contributed by atoms with E-state index in [2.05, 4.69) is 15.3 Å². The molecule has 1 fully saturated rings. The molecule has 0 radical (unpaired) electrons. The fourth-order valence-electron chi connectivity index (χ4n) is 3.92. The Morgan fingerprint density at radius 3 is 2.89 bits per heavy atom. The highest BCUT2D eigenvalue weighted by Gasteiger charge is 2.27. The number of benzene rings is 1. The van der Waals surface area contributed by atoms with Crippen LogP contribution in [0.15, 0.2) is 24.4 Å². The number of morpholine rings is 1. The molecule has 1 aliphatic carbocycles. The molecule has 1 N–H and O–H groups in total. The third-order valence-electron chi connectivity index (χ3n) is 5.41. The fourth-order valence-corrected chi connectivity index (χ4v) is 3.92. The van der Waals surface area contributed by atoms with Gasteiger partial charge in [0, 0.05) is 43.4 Å². The Morgan fingerprint density at radius 2 is 2.11 bits per heavy atom. The largest absolute Gasteiger partial charge is 0.379 e. The number of carbonyl (C=O) groups is 1. The van der Waals surface area contributed by atoms with Gasteiger partial charge in [-0.15, -0.1) is 0 Å². The van der Waals surface area contributed by atoms with E-state index in [1.54, 1.807) is 6.20 Å². The first-order valence-corrected chi connectivity index (χ1v) is 9.73. The standard InChI is InChI=1S/C20H24F2N4O2/c21-14-4-5-19(16(22)12-14)26-18-3-1-2-17(15(18)13-23-26)24-20(27)6-7-25-8-10-28-11-9-25/h4-5,12-13,17H,1-3,6-11H2,(H,24,27)/t17-/m0/s1. The third-order valence-corrected chi connectivity index (χ3v) is 5.41. The number of aromatic nitrogens is 2. The van der Waals surface area contributed by atoms with Crippen LogP contribution in [0.25, 0.3) is 5.69 Å². The predicted molar refractivity (Wildman–Crippen MR) is 99.2 cm³/mol. The van der Waals surface area contributed by atoms with Gasteiger partial charge in [-0.2, -0.15) is 5.10 Å². The van der Waals surface area contributed by atoms with E-state index in [0.29, 0.717) is 19.6 Å². The second kappa shape index (κ2) is 8.36. The van der Waals surface area contributed by atoms with Gasteiger partial charge < -0.3 is 10.1 Å². The molecule has 8 heteroatoms. The first kappa shape index (κ1) is 19.0. The zero-order valence-electron chi connectivity index (χ0n) is 15.7. The second-order valence-electron chi connectivity index (χ2n) is 7.27. The monoisotopic (exact) mass is 390 g/mol. The van der Waals surface area contributed by atoms with E-state index in [4.69, 9.17) is 4.74 Å². The molecule has 0 unspecified atom stereocenters. The summed E-state index contributed by atoms with van der Waals surface area (Å²) in [6.45, 7) is 3.86. The number of hydrogen-bond donors (Lipinski definition) is 1. The van der Waals surface area contributed by atoms with Crippen LogP contribution in [0.3, 0.4) is 0 Å². The van der Waals surface area contributed by atoms with E-state index in [1.807, 2.05) is 0 Å². The molecule has 1 amide bonds. The molecule has 0 bridgehead atoms. The van der Waals surface area contributed by atoms with Crippen molar-refractivity contribution in [1.82, 2.24) is 20.0 Å². The van der Waals surface area contributed by atoms with Crippen molar-refractivity contribution in [2.24, 2.45) is 0 Å². The number of nitrogens with zero attached hydrogens (tertiary/aromatic N) is 3. The van der Waals surface area contributed by atoms with Gasteiger partial charge in [-0.25, -0.2) is 13.5 Å². The van der Waals surface area contributed by atoms with Gasteiger partial charge in [0.25, 0.3) is 0 Å². The summed E-state index contributed by atoms with van der Waals surface area (Å²) < 4.78 is 34.2. The van der Waals surface area contributed by atoms with Crippen molar-refractivity contribution in [2.75, 3.05) is 32.8 Å². The smallest absolute Gasteiger partial charge is 0.221 e. The molecular weight excluding hydrogens is 366 g/mol. The summed E-state index contributed by atoms with van der Waals surface area (Å²) >= 11 is 0. The molecule has 1 aliphatic heterocycles. The molecule has 4 rings (SSSR count). The van der Waals surface area contributed by atoms with Crippen LogP contribution >= 0.6 is 0 Å². The molecule has 1 atom stereocenters. The highest BCUT2D eigenvalue weighted by Crippen LogP contribution is 2.31. The van der Waals surface area contributed by atoms with E-state index < -0.39 is 11.6 Å². The molecule has 0 saturated carbocycles. The van der Waals surface area contributed by atoms with Crippen LogP contribution in [0.2, 0.25) is 0 Å². The number of nitrogens with one attached hydrogen (secondary N) is 1. The number of rotatable bonds is 5. The average Bonchev–Trinajstić information content (AvgIpc) is 3.12. The quantitative estimate of drug-likeness (QED) is 0.852. The summed E-state index contributed by atoms with van der Waals surface area (Å²) in [7, 11) is 0. The molecule has 1 aromatic carbocycles. The highest BCUT2D eigenvalue weighted by molar-refractivity contribution is 5.76. The van der Waals surface area contributed by atoms with Gasteiger partial charge in [0.2, 0.25) is 5.91 Å². The normalized spacial score (nSPS) is 20.0. The lowest BCUT2D eigenvalue weighted by molar-refractivity contribution is -0.122. The maximum absolute atomic E-state index is 14.2. The Hall–Kier alpha value is -2.32. The van der Waals surface area contributed by atoms with Crippen molar-refractivity contribution in [1.29, 1.82) is 0 Å². The minimum atomic E-state index is -0.650. The van der Waals surface area contributed by atoms with Crippen LogP contribution in [-0.4, -0.2) is 53.4 Å². The van der Waals surface area contributed by atoms with Gasteiger partial charge in [0.15, 0.2) is 5.82 Å². The van der Waals surface area contributed by atoms with E-state index in [9.17, 15) is 13.6 Å². The molecule has 6 nitrogen and oxygen atoms in total. The van der Waals surface area contributed by atoms with Crippen molar-refractivity contribution in [3.63, 3.8) is 0 Å². The van der Waals surface area contributed by atoms with Crippen molar-refractivity contribution >= 4 is 5.91 Å². The lowest BCUT2D eigenvalue weighted by atomic mass is 9.92. The maximum atomic E-state index is 14.2. The van der Waals surface area contributed by atoms with Crippen LogP contribution in [0, 0.1) is 11.6 Å². The third kappa shape index (κ3) is 4.07. The number of carbonyl (C=O) groups excluding carboxylic acids is 1. The first-order valence-electron chi connectivity index (χ1n) is 9.73. The van der Waals surface area contributed by atoms with Crippen molar-refractivity contribution < 1.29 is 18.3 Å². The summed E-state index contributed by atoms with van der Waals surface area (Å²) in [5.41, 5.74) is 2.01. The van der Waals surface area contributed by atoms with E-state index >= 15 is 0 Å². The summed E-state index contributed by atoms with van der Waals surface area (Å²) in [4.78, 5) is 14.7. The van der Waals surface area contributed by atoms with Gasteiger partial charge in [0.1, 0.15) is 11.5 Å². The molecule has 150 valence electrons. The zero-order valence-corrected chi connectivity index (χ0v) is 15.7. The number of amides is 1. The van der Waals surface area contributed by atoms with Gasteiger partial charge >= 0.3 is 0 Å². The van der Waals surface area contributed by atoms with Gasteiger partial charge in [-0.05, 0) is 31.4 Å². The molecule has 2 aromatic rings. The lowest BCUT2D eigenvalue weighted by Crippen LogP contribution is -2.39. The van der Waals surface area contributed by atoms with Crippen LogP contribution in [0.5, 0.6) is 0 Å². The Labute approximate surface area is 162 Å². The zero-order chi connectivity index (χ0) is 19.5. The van der Waals surface area contributed by atoms with E-state index in [0.717, 1.165) is 56.2 Å². The van der Waals surface area contributed by atoms with Crippen LogP contribution in [-0.2, 0) is 16.0 Å². The minimum absolute atomic E-state index is 0.00468. The second-order valence-corrected chi connectivity index (χ2v) is 7.27. The van der Waals surface area contributed by atoms with Gasteiger partial charge in [-0.1, -0.05) is 0 Å². The Kier molecular flexibility index (Phi) is 5.68. The molecule has 2 heterocycles. The van der Waals surface area contributed by atoms with Gasteiger partial charge in [0.05, 0.1) is 25.5 Å². The van der Waals surface area contributed by atoms with E-state index in [-0.39, 0.29) is 17.6 Å². The molecule has 28 heavy (non-hydrogen) atoms. The van der Waals surface area contributed by atoms with Crippen molar-refractivity contribution in [3.8, 4) is 5.69 Å². The average molecular weight is 390 g/mol. The molecule has 0 spiro atoms. The fraction of sp³-hybridized carbons (Fsp3) is 0.500. The molecule has 1 aromatic heterocycles. The van der Waals surface area contributed by atoms with Crippen molar-refractivity contribution in [3.05, 3.63) is 47.3 Å². The Morgan fingerprint density at radius 1 is 1.29 bits per heavy atom. The molecule has 1 saturated heterocycles. The molecular formula is C20H24F2N4O2. The first-order chi connectivity index (χ1) is 13.6. The number of hydrogen-bond acceptors (Lipinski definition) is 4. The summed E-state index contributed by atoms with van der Waals surface area (Å²) in [5.74, 6) is -1.26. The topological polar surface area (TPSA) is 59.4 Å². The van der Waals surface area contributed by atoms with Crippen LogP contribution in [0.4, 0.5) is 8.78 Å². The SMILES string of the molecule is O=C(CCN1CCOCC1)N[C@H]1CCCc2c1cnn2-c1ccc(F)cc1F. The number of ether oxygens (including phenoxy) is 1. The Balaban J connectivity index is 1.44. The summed E-state index contributed by atoms with van der Waals surface area (Å²) in [5, 5.41) is 7.42. The summed E-state index contributed by atoms with van der Waals surface area (Å²) in [6, 6.07) is 3.35. The van der Waals surface area contributed by atoms with Crippen LogP contribution < -0.4 is 5.32 Å². The minimum Gasteiger partial charge on any atom is -0.379 e. The Bertz CT molecular complexity index is 849. The highest BCUT2D eigenvalue weighted by atomic mass is 19.1. The lowest BCUT2D eigenvalue weighted by Gasteiger charge is -2.27. The summed E-state index contributed by atoms with van der Waals surface area (Å²) in [6.07, 6.45) is 4.56. The van der Waals surface area contributed by atoms with Gasteiger partial charge in [-0.3, -0.25) is 9.69 Å². The number of halogens is 2.